The number of nitriles is 1. The van der Waals surface area contributed by atoms with Gasteiger partial charge in [-0.05, 0) is 24.3 Å². The number of nitrogens with zero attached hydrogens (tertiary/aromatic N) is 4. The highest BCUT2D eigenvalue weighted by Gasteiger charge is 2.20. The van der Waals surface area contributed by atoms with Gasteiger partial charge in [0.15, 0.2) is 23.0 Å². The number of hydrogen-bond acceptors (Lipinski definition) is 6. The quantitative estimate of drug-likeness (QED) is 0.714. The van der Waals surface area contributed by atoms with E-state index in [1.165, 1.54) is 6.26 Å². The van der Waals surface area contributed by atoms with Crippen molar-refractivity contribution in [3.05, 3.63) is 42.3 Å². The maximum atomic E-state index is 9.18. The first kappa shape index (κ1) is 11.5. The molecule has 3 aromatic rings. The van der Waals surface area contributed by atoms with Crippen LogP contribution in [0.15, 0.2) is 41.0 Å². The molecule has 0 aliphatic carbocycles. The Morgan fingerprint density at radius 1 is 1.19 bits per heavy atom. The third-order valence-electron chi connectivity index (χ3n) is 3.13. The molecule has 1 aliphatic heterocycles. The van der Waals surface area contributed by atoms with E-state index < -0.39 is 0 Å². The minimum atomic E-state index is 0.197. The van der Waals surface area contributed by atoms with Crippen LogP contribution < -0.4 is 9.47 Å². The van der Waals surface area contributed by atoms with E-state index in [-0.39, 0.29) is 12.5 Å². The van der Waals surface area contributed by atoms with E-state index in [0.29, 0.717) is 28.6 Å². The normalized spacial score (nSPS) is 12.3. The fourth-order valence-corrected chi connectivity index (χ4v) is 2.19. The number of rotatable bonds is 2. The molecule has 0 amide bonds. The topological polar surface area (TPSA) is 86.1 Å². The Bertz CT molecular complexity index is 846. The third kappa shape index (κ3) is 1.74. The summed E-state index contributed by atoms with van der Waals surface area (Å²) in [5.41, 5.74) is 1.41. The van der Waals surface area contributed by atoms with Crippen molar-refractivity contribution in [2.45, 2.75) is 0 Å². The van der Waals surface area contributed by atoms with Crippen LogP contribution in [-0.4, -0.2) is 21.8 Å². The molecule has 0 saturated heterocycles. The van der Waals surface area contributed by atoms with Gasteiger partial charge in [0.05, 0.1) is 12.0 Å². The van der Waals surface area contributed by atoms with Crippen LogP contribution in [0.25, 0.3) is 17.1 Å². The Morgan fingerprint density at radius 2 is 2.10 bits per heavy atom. The Kier molecular flexibility index (Phi) is 2.41. The molecule has 0 N–H and O–H groups in total. The lowest BCUT2D eigenvalue weighted by molar-refractivity contribution is 0.174. The van der Waals surface area contributed by atoms with E-state index in [2.05, 4.69) is 10.3 Å². The third-order valence-corrected chi connectivity index (χ3v) is 3.13. The predicted molar refractivity (Wildman–Crippen MR) is 69.9 cm³/mol. The molecule has 0 spiro atoms. The van der Waals surface area contributed by atoms with Crippen LogP contribution in [-0.2, 0) is 0 Å². The van der Waals surface area contributed by atoms with E-state index in [0.717, 1.165) is 0 Å². The zero-order valence-corrected chi connectivity index (χ0v) is 10.7. The van der Waals surface area contributed by atoms with Crippen molar-refractivity contribution in [3.8, 4) is 34.7 Å². The lowest BCUT2D eigenvalue weighted by Gasteiger charge is -2.05. The number of hydrogen-bond donors (Lipinski definition) is 0. The summed E-state index contributed by atoms with van der Waals surface area (Å²) in [4.78, 5) is 0. The summed E-state index contributed by atoms with van der Waals surface area (Å²) in [5.74, 6) is 1.83. The largest absolute Gasteiger partial charge is 0.463 e. The molecule has 0 fully saturated rings. The number of benzene rings is 1. The first-order chi connectivity index (χ1) is 10.4. The van der Waals surface area contributed by atoms with Gasteiger partial charge in [0.1, 0.15) is 11.8 Å². The first-order valence-electron chi connectivity index (χ1n) is 6.16. The van der Waals surface area contributed by atoms with Crippen LogP contribution in [0.1, 0.15) is 5.69 Å². The number of fused-ring (bicyclic) bond motifs is 1. The summed E-state index contributed by atoms with van der Waals surface area (Å²) in [5, 5.41) is 17.1. The van der Waals surface area contributed by atoms with E-state index in [1.807, 2.05) is 12.1 Å². The molecule has 4 rings (SSSR count). The van der Waals surface area contributed by atoms with Gasteiger partial charge in [0.2, 0.25) is 6.79 Å². The van der Waals surface area contributed by atoms with Crippen molar-refractivity contribution >= 4 is 0 Å². The molecule has 1 aliphatic rings. The molecule has 102 valence electrons. The van der Waals surface area contributed by atoms with E-state index in [4.69, 9.17) is 13.9 Å². The molecule has 21 heavy (non-hydrogen) atoms. The Hall–Kier alpha value is -3.27. The smallest absolute Gasteiger partial charge is 0.231 e. The standard InChI is InChI=1S/C14H8N4O3/c15-7-10-14(12-2-1-5-19-12)18(17-16-10)9-3-4-11-13(6-9)21-8-20-11/h1-6H,8H2. The SMILES string of the molecule is N#Cc1nnn(-c2ccc3c(c2)OCO3)c1-c1ccco1. The molecule has 0 unspecified atom stereocenters. The molecule has 0 saturated carbocycles. The first-order valence-corrected chi connectivity index (χ1v) is 6.16. The van der Waals surface area contributed by atoms with Crippen molar-refractivity contribution in [1.29, 1.82) is 5.26 Å². The summed E-state index contributed by atoms with van der Waals surface area (Å²) in [6.45, 7) is 0.199. The van der Waals surface area contributed by atoms with Crippen LogP contribution in [0.3, 0.4) is 0 Å². The monoisotopic (exact) mass is 280 g/mol. The molecular formula is C14H8N4O3. The van der Waals surface area contributed by atoms with Crippen molar-refractivity contribution in [3.63, 3.8) is 0 Å². The summed E-state index contributed by atoms with van der Waals surface area (Å²) in [6.07, 6.45) is 1.54. The molecule has 0 radical (unpaired) electrons. The van der Waals surface area contributed by atoms with E-state index >= 15 is 0 Å². The van der Waals surface area contributed by atoms with E-state index in [9.17, 15) is 5.26 Å². The van der Waals surface area contributed by atoms with Gasteiger partial charge in [-0.3, -0.25) is 0 Å². The molecule has 7 heteroatoms. The van der Waals surface area contributed by atoms with Crippen LogP contribution in [0.4, 0.5) is 0 Å². The van der Waals surface area contributed by atoms with Crippen molar-refractivity contribution in [1.82, 2.24) is 15.0 Å². The van der Waals surface area contributed by atoms with Gasteiger partial charge in [-0.1, -0.05) is 5.21 Å². The summed E-state index contributed by atoms with van der Waals surface area (Å²) in [7, 11) is 0. The van der Waals surface area contributed by atoms with Gasteiger partial charge in [0, 0.05) is 6.07 Å². The predicted octanol–water partition coefficient (Wildman–Crippen LogP) is 2.13. The highest BCUT2D eigenvalue weighted by molar-refractivity contribution is 5.63. The zero-order valence-electron chi connectivity index (χ0n) is 10.7. The van der Waals surface area contributed by atoms with Crippen molar-refractivity contribution < 1.29 is 13.9 Å². The average molecular weight is 280 g/mol. The second-order valence-corrected chi connectivity index (χ2v) is 4.33. The van der Waals surface area contributed by atoms with Crippen LogP contribution in [0.2, 0.25) is 0 Å². The molecule has 7 nitrogen and oxygen atoms in total. The Balaban J connectivity index is 1.90. The number of furan rings is 1. The lowest BCUT2D eigenvalue weighted by atomic mass is 10.2. The molecular weight excluding hydrogens is 272 g/mol. The Labute approximate surface area is 118 Å². The minimum absolute atomic E-state index is 0.197. The van der Waals surface area contributed by atoms with Crippen LogP contribution in [0.5, 0.6) is 11.5 Å². The van der Waals surface area contributed by atoms with Crippen LogP contribution in [0, 0.1) is 11.3 Å². The van der Waals surface area contributed by atoms with Gasteiger partial charge >= 0.3 is 0 Å². The molecule has 3 heterocycles. The van der Waals surface area contributed by atoms with Gasteiger partial charge in [-0.2, -0.15) is 5.26 Å². The fourth-order valence-electron chi connectivity index (χ4n) is 2.19. The molecule has 0 atom stereocenters. The Morgan fingerprint density at radius 3 is 2.90 bits per heavy atom. The second kappa shape index (κ2) is 4.38. The van der Waals surface area contributed by atoms with Gasteiger partial charge < -0.3 is 13.9 Å². The molecule has 0 bridgehead atoms. The maximum Gasteiger partial charge on any atom is 0.231 e. The van der Waals surface area contributed by atoms with Gasteiger partial charge in [-0.25, -0.2) is 4.68 Å². The summed E-state index contributed by atoms with van der Waals surface area (Å²) >= 11 is 0. The highest BCUT2D eigenvalue weighted by atomic mass is 16.7. The summed E-state index contributed by atoms with van der Waals surface area (Å²) < 4.78 is 17.5. The highest BCUT2D eigenvalue weighted by Crippen LogP contribution is 2.35. The minimum Gasteiger partial charge on any atom is -0.463 e. The zero-order chi connectivity index (χ0) is 14.2. The van der Waals surface area contributed by atoms with Gasteiger partial charge in [-0.15, -0.1) is 5.10 Å². The maximum absolute atomic E-state index is 9.18. The number of aromatic nitrogens is 3. The average Bonchev–Trinajstić information content (AvgIpc) is 3.24. The number of ether oxygens (including phenoxy) is 2. The molecule has 1 aromatic carbocycles. The second-order valence-electron chi connectivity index (χ2n) is 4.33. The summed E-state index contributed by atoms with van der Waals surface area (Å²) in [6, 6.07) is 10.9. The fraction of sp³-hybridized carbons (Fsp3) is 0.0714. The van der Waals surface area contributed by atoms with Crippen LogP contribution >= 0.6 is 0 Å². The lowest BCUT2D eigenvalue weighted by Crippen LogP contribution is -1.99. The molecule has 2 aromatic heterocycles. The van der Waals surface area contributed by atoms with E-state index in [1.54, 1.807) is 28.9 Å². The van der Waals surface area contributed by atoms with Gasteiger partial charge in [0.25, 0.3) is 0 Å². The van der Waals surface area contributed by atoms with Crippen molar-refractivity contribution in [2.24, 2.45) is 0 Å². The van der Waals surface area contributed by atoms with Crippen molar-refractivity contribution in [2.75, 3.05) is 6.79 Å².